The van der Waals surface area contributed by atoms with E-state index in [1.165, 1.54) is 6.42 Å². The van der Waals surface area contributed by atoms with E-state index < -0.39 is 0 Å². The van der Waals surface area contributed by atoms with Gasteiger partial charge in [0.25, 0.3) is 0 Å². The maximum Gasteiger partial charge on any atom is 0.308 e. The van der Waals surface area contributed by atoms with Crippen molar-refractivity contribution in [2.45, 2.75) is 58.7 Å². The van der Waals surface area contributed by atoms with E-state index in [2.05, 4.69) is 0 Å². The number of unbranched alkanes of at least 4 members (excludes halogenated alkanes) is 1. The molecule has 1 heterocycles. The highest BCUT2D eigenvalue weighted by Gasteiger charge is 2.15. The average Bonchev–Trinajstić information content (AvgIpc) is 2.39. The van der Waals surface area contributed by atoms with Crippen LogP contribution in [0.5, 0.6) is 0 Å². The number of ether oxygens (including phenoxy) is 3. The van der Waals surface area contributed by atoms with Crippen LogP contribution in [0, 0.1) is 5.92 Å². The molecule has 1 aliphatic heterocycles. The lowest BCUT2D eigenvalue weighted by Gasteiger charge is -2.22. The van der Waals surface area contributed by atoms with Crippen molar-refractivity contribution in [1.29, 1.82) is 0 Å². The monoisotopic (exact) mass is 258 g/mol. The molecule has 0 aromatic rings. The number of esters is 1. The highest BCUT2D eigenvalue weighted by atomic mass is 16.7. The third kappa shape index (κ3) is 6.36. The normalized spacial score (nSPS) is 21.6. The Hall–Kier alpha value is -0.610. The Labute approximate surface area is 110 Å². The summed E-state index contributed by atoms with van der Waals surface area (Å²) in [6, 6.07) is 0. The van der Waals surface area contributed by atoms with Crippen molar-refractivity contribution in [3.63, 3.8) is 0 Å². The van der Waals surface area contributed by atoms with Crippen molar-refractivity contribution < 1.29 is 19.0 Å². The molecule has 4 nitrogen and oxygen atoms in total. The highest BCUT2D eigenvalue weighted by Crippen LogP contribution is 2.15. The molecule has 0 saturated carbocycles. The zero-order chi connectivity index (χ0) is 13.2. The van der Waals surface area contributed by atoms with Gasteiger partial charge in [-0.3, -0.25) is 4.79 Å². The molecule has 0 spiro atoms. The van der Waals surface area contributed by atoms with E-state index in [-0.39, 0.29) is 18.2 Å². The van der Waals surface area contributed by atoms with E-state index in [9.17, 15) is 4.79 Å². The molecule has 1 rings (SSSR count). The van der Waals surface area contributed by atoms with Crippen LogP contribution in [0.2, 0.25) is 0 Å². The molecule has 4 heteroatoms. The van der Waals surface area contributed by atoms with E-state index >= 15 is 0 Å². The lowest BCUT2D eigenvalue weighted by molar-refractivity contribution is -0.163. The highest BCUT2D eigenvalue weighted by molar-refractivity contribution is 5.71. The molecular formula is C14H26O4. The topological polar surface area (TPSA) is 44.8 Å². The van der Waals surface area contributed by atoms with Crippen LogP contribution in [0.1, 0.15) is 52.4 Å². The molecule has 2 unspecified atom stereocenters. The van der Waals surface area contributed by atoms with Gasteiger partial charge in [-0.2, -0.15) is 0 Å². The van der Waals surface area contributed by atoms with Crippen molar-refractivity contribution in [3.8, 4) is 0 Å². The fourth-order valence-corrected chi connectivity index (χ4v) is 2.01. The quantitative estimate of drug-likeness (QED) is 0.496. The standard InChI is InChI=1S/C14H26O4/c1-3-16-14(15)12(2)8-4-6-10-17-13-9-5-7-11-18-13/h12-13H,3-11H2,1-2H3. The van der Waals surface area contributed by atoms with Crippen LogP contribution in [0.3, 0.4) is 0 Å². The molecule has 0 aliphatic carbocycles. The minimum atomic E-state index is -0.0889. The molecule has 1 aliphatic rings. The third-order valence-electron chi connectivity index (χ3n) is 3.16. The molecule has 0 aromatic heterocycles. The van der Waals surface area contributed by atoms with E-state index in [1.54, 1.807) is 0 Å². The molecule has 1 saturated heterocycles. The molecular weight excluding hydrogens is 232 g/mol. The molecule has 106 valence electrons. The van der Waals surface area contributed by atoms with Gasteiger partial charge in [0.2, 0.25) is 0 Å². The van der Waals surface area contributed by atoms with E-state index in [0.717, 1.165) is 45.3 Å². The van der Waals surface area contributed by atoms with Crippen LogP contribution in [0.4, 0.5) is 0 Å². The van der Waals surface area contributed by atoms with Gasteiger partial charge < -0.3 is 14.2 Å². The predicted molar refractivity (Wildman–Crippen MR) is 69.2 cm³/mol. The van der Waals surface area contributed by atoms with Gasteiger partial charge in [-0.15, -0.1) is 0 Å². The summed E-state index contributed by atoms with van der Waals surface area (Å²) in [5, 5.41) is 0. The Morgan fingerprint density at radius 1 is 1.39 bits per heavy atom. The number of hydrogen-bond acceptors (Lipinski definition) is 4. The van der Waals surface area contributed by atoms with Crippen LogP contribution in [0.15, 0.2) is 0 Å². The molecule has 0 bridgehead atoms. The Kier molecular flexibility index (Phi) is 8.01. The van der Waals surface area contributed by atoms with E-state index in [1.807, 2.05) is 13.8 Å². The molecule has 0 aromatic carbocycles. The first-order valence-corrected chi connectivity index (χ1v) is 7.14. The number of carbonyl (C=O) groups excluding carboxylic acids is 1. The zero-order valence-electron chi connectivity index (χ0n) is 11.7. The lowest BCUT2D eigenvalue weighted by Crippen LogP contribution is -2.22. The maximum atomic E-state index is 11.4. The van der Waals surface area contributed by atoms with Gasteiger partial charge in [0, 0.05) is 13.2 Å². The van der Waals surface area contributed by atoms with Crippen LogP contribution in [-0.2, 0) is 19.0 Å². The molecule has 2 atom stereocenters. The Bertz CT molecular complexity index is 224. The summed E-state index contributed by atoms with van der Waals surface area (Å²) in [5.41, 5.74) is 0. The summed E-state index contributed by atoms with van der Waals surface area (Å²) in [5.74, 6) is -0.0927. The van der Waals surface area contributed by atoms with Crippen molar-refractivity contribution >= 4 is 5.97 Å². The Morgan fingerprint density at radius 2 is 2.22 bits per heavy atom. The molecule has 0 N–H and O–H groups in total. The first-order chi connectivity index (χ1) is 8.74. The Balaban J connectivity index is 1.95. The van der Waals surface area contributed by atoms with Crippen LogP contribution >= 0.6 is 0 Å². The van der Waals surface area contributed by atoms with Crippen LogP contribution in [-0.4, -0.2) is 32.1 Å². The summed E-state index contributed by atoms with van der Waals surface area (Å²) in [7, 11) is 0. The van der Waals surface area contributed by atoms with Gasteiger partial charge in [-0.05, 0) is 39.0 Å². The zero-order valence-corrected chi connectivity index (χ0v) is 11.7. The number of rotatable bonds is 8. The second kappa shape index (κ2) is 9.34. The molecule has 0 radical (unpaired) electrons. The van der Waals surface area contributed by atoms with Crippen molar-refractivity contribution in [2.24, 2.45) is 5.92 Å². The number of hydrogen-bond donors (Lipinski definition) is 0. The van der Waals surface area contributed by atoms with Crippen LogP contribution < -0.4 is 0 Å². The molecule has 1 fully saturated rings. The lowest BCUT2D eigenvalue weighted by atomic mass is 10.0. The minimum absolute atomic E-state index is 0.00114. The minimum Gasteiger partial charge on any atom is -0.466 e. The molecule has 0 amide bonds. The number of carbonyl (C=O) groups is 1. The summed E-state index contributed by atoms with van der Waals surface area (Å²) >= 11 is 0. The SMILES string of the molecule is CCOC(=O)C(C)CCCCOC1CCCCO1. The first kappa shape index (κ1) is 15.4. The fraction of sp³-hybridized carbons (Fsp3) is 0.929. The third-order valence-corrected chi connectivity index (χ3v) is 3.16. The summed E-state index contributed by atoms with van der Waals surface area (Å²) in [4.78, 5) is 11.4. The van der Waals surface area contributed by atoms with Crippen molar-refractivity contribution in [2.75, 3.05) is 19.8 Å². The smallest absolute Gasteiger partial charge is 0.308 e. The van der Waals surface area contributed by atoms with E-state index in [0.29, 0.717) is 6.61 Å². The average molecular weight is 258 g/mol. The van der Waals surface area contributed by atoms with Gasteiger partial charge in [-0.25, -0.2) is 0 Å². The van der Waals surface area contributed by atoms with E-state index in [4.69, 9.17) is 14.2 Å². The van der Waals surface area contributed by atoms with Crippen LogP contribution in [0.25, 0.3) is 0 Å². The second-order valence-corrected chi connectivity index (χ2v) is 4.82. The maximum absolute atomic E-state index is 11.4. The van der Waals surface area contributed by atoms with Crippen molar-refractivity contribution in [1.82, 2.24) is 0 Å². The molecule has 18 heavy (non-hydrogen) atoms. The summed E-state index contributed by atoms with van der Waals surface area (Å²) in [6.07, 6.45) is 6.20. The summed E-state index contributed by atoms with van der Waals surface area (Å²) in [6.45, 7) is 5.77. The largest absolute Gasteiger partial charge is 0.466 e. The van der Waals surface area contributed by atoms with Gasteiger partial charge in [-0.1, -0.05) is 13.3 Å². The van der Waals surface area contributed by atoms with Gasteiger partial charge in [0.15, 0.2) is 6.29 Å². The van der Waals surface area contributed by atoms with Gasteiger partial charge in [0.05, 0.1) is 12.5 Å². The van der Waals surface area contributed by atoms with Gasteiger partial charge >= 0.3 is 5.97 Å². The van der Waals surface area contributed by atoms with Crippen molar-refractivity contribution in [3.05, 3.63) is 0 Å². The fourth-order valence-electron chi connectivity index (χ4n) is 2.01. The van der Waals surface area contributed by atoms with Gasteiger partial charge in [0.1, 0.15) is 0 Å². The first-order valence-electron chi connectivity index (χ1n) is 7.14. The Morgan fingerprint density at radius 3 is 2.89 bits per heavy atom. The predicted octanol–water partition coefficient (Wildman–Crippen LogP) is 2.90. The second-order valence-electron chi connectivity index (χ2n) is 4.82. The summed E-state index contributed by atoms with van der Waals surface area (Å²) < 4.78 is 16.1.